The Labute approximate surface area is 262 Å². The monoisotopic (exact) mass is 611 g/mol. The highest BCUT2D eigenvalue weighted by Gasteiger charge is 2.16. The standard InChI is InChI=1S/C35H29N7O4/c43-26-16-14-23(15-17-26)32-36-31-13-4-2-11-29(31)35(46)42(32)22-25-21-40(39-38-25)18-5-6-19-41-33(24-8-7-9-27(44)20-24)37-30-12-3-1-10-28(30)34(41)45/h1-4,7-17,20-21,43-44H,5-6,18-19,22H2. The topological polar surface area (TPSA) is 141 Å². The SMILES string of the molecule is O=c1c2ccccc2nc(-c2cccc(O)c2)n1CCCCn1cc(Cn2c(-c3ccc(O)cc3)nc3ccccc3c2=O)nn1. The van der Waals surface area contributed by atoms with Crippen molar-refractivity contribution in [3.05, 3.63) is 130 Å². The van der Waals surface area contributed by atoms with Gasteiger partial charge in [-0.25, -0.2) is 9.97 Å². The Morgan fingerprint density at radius 3 is 1.93 bits per heavy atom. The molecule has 0 spiro atoms. The van der Waals surface area contributed by atoms with Crippen molar-refractivity contribution in [1.82, 2.24) is 34.1 Å². The van der Waals surface area contributed by atoms with Crippen molar-refractivity contribution in [3.8, 4) is 34.3 Å². The molecule has 0 fully saturated rings. The number of hydrogen-bond donors (Lipinski definition) is 2. The van der Waals surface area contributed by atoms with Crippen molar-refractivity contribution in [2.45, 2.75) is 32.5 Å². The summed E-state index contributed by atoms with van der Waals surface area (Å²) in [6.07, 6.45) is 3.18. The second-order valence-electron chi connectivity index (χ2n) is 11.0. The molecule has 0 radical (unpaired) electrons. The van der Waals surface area contributed by atoms with E-state index in [4.69, 9.17) is 9.97 Å². The first kappa shape index (κ1) is 28.7. The van der Waals surface area contributed by atoms with Crippen LogP contribution >= 0.6 is 0 Å². The van der Waals surface area contributed by atoms with Crippen LogP contribution in [0.4, 0.5) is 0 Å². The lowest BCUT2D eigenvalue weighted by atomic mass is 10.1. The molecule has 0 amide bonds. The number of para-hydroxylation sites is 2. The summed E-state index contributed by atoms with van der Waals surface area (Å²) in [4.78, 5) is 36.6. The minimum atomic E-state index is -0.194. The largest absolute Gasteiger partial charge is 0.508 e. The fourth-order valence-corrected chi connectivity index (χ4v) is 5.61. The van der Waals surface area contributed by atoms with Crippen LogP contribution in [0.25, 0.3) is 44.6 Å². The van der Waals surface area contributed by atoms with Crippen molar-refractivity contribution in [1.29, 1.82) is 0 Å². The second-order valence-corrected chi connectivity index (χ2v) is 11.0. The molecule has 0 saturated carbocycles. The summed E-state index contributed by atoms with van der Waals surface area (Å²) in [5.41, 5.74) is 2.81. The van der Waals surface area contributed by atoms with Gasteiger partial charge in [0.15, 0.2) is 0 Å². The van der Waals surface area contributed by atoms with Gasteiger partial charge in [-0.2, -0.15) is 0 Å². The minimum Gasteiger partial charge on any atom is -0.508 e. The molecule has 7 aromatic rings. The zero-order valence-electron chi connectivity index (χ0n) is 24.7. The highest BCUT2D eigenvalue weighted by Crippen LogP contribution is 2.24. The van der Waals surface area contributed by atoms with Gasteiger partial charge in [0, 0.05) is 24.2 Å². The number of nitrogens with zero attached hydrogens (tertiary/aromatic N) is 7. The van der Waals surface area contributed by atoms with Crippen LogP contribution in [-0.2, 0) is 19.6 Å². The van der Waals surface area contributed by atoms with Crippen molar-refractivity contribution in [3.63, 3.8) is 0 Å². The molecule has 11 nitrogen and oxygen atoms in total. The number of aromatic nitrogens is 7. The summed E-state index contributed by atoms with van der Waals surface area (Å²) in [5.74, 6) is 1.20. The molecule has 0 aliphatic carbocycles. The first-order valence-electron chi connectivity index (χ1n) is 14.9. The third kappa shape index (κ3) is 5.61. The summed E-state index contributed by atoms with van der Waals surface area (Å²) in [5, 5.41) is 29.5. The van der Waals surface area contributed by atoms with Crippen LogP contribution < -0.4 is 11.1 Å². The normalized spacial score (nSPS) is 11.4. The van der Waals surface area contributed by atoms with Gasteiger partial charge in [0.25, 0.3) is 11.1 Å². The molecule has 4 aromatic carbocycles. The van der Waals surface area contributed by atoms with Crippen LogP contribution in [0.2, 0.25) is 0 Å². The Morgan fingerprint density at radius 2 is 1.24 bits per heavy atom. The smallest absolute Gasteiger partial charge is 0.262 e. The highest BCUT2D eigenvalue weighted by atomic mass is 16.3. The van der Waals surface area contributed by atoms with E-state index in [0.29, 0.717) is 76.2 Å². The number of aryl methyl sites for hydroxylation is 1. The van der Waals surface area contributed by atoms with Gasteiger partial charge in [0.1, 0.15) is 28.8 Å². The summed E-state index contributed by atoms with van der Waals surface area (Å²) in [7, 11) is 0. The van der Waals surface area contributed by atoms with Gasteiger partial charge in [-0.05, 0) is 73.5 Å². The summed E-state index contributed by atoms with van der Waals surface area (Å²) in [6, 6.07) is 27.8. The number of fused-ring (bicyclic) bond motifs is 2. The maximum Gasteiger partial charge on any atom is 0.262 e. The van der Waals surface area contributed by atoms with Gasteiger partial charge in [-0.3, -0.25) is 23.4 Å². The van der Waals surface area contributed by atoms with Crippen LogP contribution in [0.3, 0.4) is 0 Å². The Bertz CT molecular complexity index is 2320. The zero-order chi connectivity index (χ0) is 31.6. The molecule has 46 heavy (non-hydrogen) atoms. The summed E-state index contributed by atoms with van der Waals surface area (Å²) in [6.45, 7) is 1.15. The number of aromatic hydroxyl groups is 2. The Balaban J connectivity index is 1.10. The zero-order valence-corrected chi connectivity index (χ0v) is 24.7. The summed E-state index contributed by atoms with van der Waals surface area (Å²) < 4.78 is 4.96. The van der Waals surface area contributed by atoms with Crippen molar-refractivity contribution in [2.75, 3.05) is 0 Å². The summed E-state index contributed by atoms with van der Waals surface area (Å²) >= 11 is 0. The van der Waals surface area contributed by atoms with E-state index >= 15 is 0 Å². The van der Waals surface area contributed by atoms with E-state index in [1.165, 1.54) is 0 Å². The lowest BCUT2D eigenvalue weighted by molar-refractivity contribution is 0.475. The number of phenols is 2. The maximum atomic E-state index is 13.6. The molecule has 0 aliphatic heterocycles. The Hall–Kier alpha value is -6.10. The quantitative estimate of drug-likeness (QED) is 0.218. The van der Waals surface area contributed by atoms with Gasteiger partial charge in [0.05, 0.1) is 34.5 Å². The van der Waals surface area contributed by atoms with E-state index < -0.39 is 0 Å². The van der Waals surface area contributed by atoms with E-state index in [1.807, 2.05) is 36.5 Å². The van der Waals surface area contributed by atoms with Crippen LogP contribution in [0, 0.1) is 0 Å². The number of rotatable bonds is 9. The average molecular weight is 612 g/mol. The predicted molar refractivity (Wildman–Crippen MR) is 175 cm³/mol. The molecule has 3 aromatic heterocycles. The Morgan fingerprint density at radius 1 is 0.609 bits per heavy atom. The van der Waals surface area contributed by atoms with Crippen LogP contribution in [0.1, 0.15) is 18.5 Å². The van der Waals surface area contributed by atoms with E-state index in [0.717, 1.165) is 0 Å². The van der Waals surface area contributed by atoms with Crippen LogP contribution in [0.5, 0.6) is 11.5 Å². The molecule has 0 bridgehead atoms. The second kappa shape index (κ2) is 12.1. The average Bonchev–Trinajstić information content (AvgIpc) is 3.52. The van der Waals surface area contributed by atoms with Crippen molar-refractivity contribution < 1.29 is 10.2 Å². The number of unbranched alkanes of at least 4 members (excludes halogenated alkanes) is 1. The predicted octanol–water partition coefficient (Wildman–Crippen LogP) is 4.97. The molecule has 0 saturated heterocycles. The van der Waals surface area contributed by atoms with E-state index in [-0.39, 0.29) is 29.2 Å². The van der Waals surface area contributed by atoms with Crippen molar-refractivity contribution in [2.24, 2.45) is 0 Å². The maximum absolute atomic E-state index is 13.6. The molecular weight excluding hydrogens is 582 g/mol. The number of phenolic OH excluding ortho intramolecular Hbond substituents is 2. The van der Waals surface area contributed by atoms with Gasteiger partial charge >= 0.3 is 0 Å². The van der Waals surface area contributed by atoms with E-state index in [2.05, 4.69) is 10.3 Å². The van der Waals surface area contributed by atoms with E-state index in [1.54, 1.807) is 80.5 Å². The fourth-order valence-electron chi connectivity index (χ4n) is 5.61. The van der Waals surface area contributed by atoms with E-state index in [9.17, 15) is 19.8 Å². The number of hydrogen-bond acceptors (Lipinski definition) is 8. The third-order valence-corrected chi connectivity index (χ3v) is 7.88. The van der Waals surface area contributed by atoms with Gasteiger partial charge in [-0.1, -0.05) is 41.6 Å². The minimum absolute atomic E-state index is 0.102. The fraction of sp³-hybridized carbons (Fsp3) is 0.143. The molecule has 0 aliphatic rings. The third-order valence-electron chi connectivity index (χ3n) is 7.88. The first-order chi connectivity index (χ1) is 22.4. The highest BCUT2D eigenvalue weighted by molar-refractivity contribution is 5.80. The lowest BCUT2D eigenvalue weighted by Crippen LogP contribution is -2.24. The lowest BCUT2D eigenvalue weighted by Gasteiger charge is -2.14. The molecule has 0 unspecified atom stereocenters. The van der Waals surface area contributed by atoms with Gasteiger partial charge in [-0.15, -0.1) is 5.10 Å². The van der Waals surface area contributed by atoms with Crippen LogP contribution in [-0.4, -0.2) is 44.3 Å². The van der Waals surface area contributed by atoms with Gasteiger partial charge < -0.3 is 10.2 Å². The first-order valence-corrected chi connectivity index (χ1v) is 14.9. The molecular formula is C35H29N7O4. The Kier molecular flexibility index (Phi) is 7.55. The molecule has 11 heteroatoms. The van der Waals surface area contributed by atoms with Crippen molar-refractivity contribution >= 4 is 21.8 Å². The number of benzene rings is 4. The van der Waals surface area contributed by atoms with Gasteiger partial charge in [0.2, 0.25) is 0 Å². The van der Waals surface area contributed by atoms with Crippen LogP contribution in [0.15, 0.2) is 113 Å². The molecule has 228 valence electrons. The molecule has 2 N–H and O–H groups in total. The molecule has 7 rings (SSSR count). The molecule has 0 atom stereocenters. The molecule has 3 heterocycles.